The van der Waals surface area contributed by atoms with Gasteiger partial charge >= 0.3 is 5.97 Å². The van der Waals surface area contributed by atoms with Gasteiger partial charge in [0.25, 0.3) is 0 Å². The number of carbonyl (C=O) groups is 1. The van der Waals surface area contributed by atoms with Crippen LogP contribution in [-0.2, 0) is 14.6 Å². The molecule has 1 aromatic rings. The number of ether oxygens (including phenoxy) is 1. The van der Waals surface area contributed by atoms with Crippen molar-refractivity contribution in [2.75, 3.05) is 12.9 Å². The Kier molecular flexibility index (Phi) is 4.35. The molecule has 0 saturated carbocycles. The molecule has 0 N–H and O–H groups in total. The zero-order chi connectivity index (χ0) is 12.3. The maximum Gasteiger partial charge on any atom is 0.349 e. The fraction of sp³-hybridized carbons (Fsp3) is 0.444. The van der Waals surface area contributed by atoms with Crippen LogP contribution in [0.5, 0.6) is 0 Å². The van der Waals surface area contributed by atoms with Crippen LogP contribution in [0, 0.1) is 0 Å². The Labute approximate surface area is 103 Å². The average Bonchev–Trinajstić information content (AvgIpc) is 2.59. The van der Waals surface area contributed by atoms with Crippen molar-refractivity contribution < 1.29 is 17.9 Å². The van der Waals surface area contributed by atoms with Gasteiger partial charge in [0, 0.05) is 5.38 Å². The first kappa shape index (κ1) is 13.5. The number of hydrogen-bond acceptors (Lipinski definition) is 5. The van der Waals surface area contributed by atoms with E-state index < -0.39 is 15.8 Å². The molecule has 0 atom stereocenters. The highest BCUT2D eigenvalue weighted by atomic mass is 35.5. The van der Waals surface area contributed by atoms with E-state index in [0.717, 1.165) is 11.3 Å². The van der Waals surface area contributed by atoms with Crippen molar-refractivity contribution in [3.05, 3.63) is 15.3 Å². The van der Waals surface area contributed by atoms with Crippen LogP contribution in [0.1, 0.15) is 23.0 Å². The largest absolute Gasteiger partial charge is 0.465 e. The Morgan fingerprint density at radius 1 is 1.56 bits per heavy atom. The van der Waals surface area contributed by atoms with Crippen LogP contribution >= 0.6 is 22.9 Å². The summed E-state index contributed by atoms with van der Waals surface area (Å²) < 4.78 is 28.0. The minimum atomic E-state index is -3.39. The Morgan fingerprint density at radius 2 is 2.19 bits per heavy atom. The van der Waals surface area contributed by atoms with Crippen LogP contribution in [0.15, 0.2) is 10.3 Å². The summed E-state index contributed by atoms with van der Waals surface area (Å²) >= 11 is 6.82. The van der Waals surface area contributed by atoms with E-state index in [2.05, 4.69) is 4.74 Å². The third-order valence-electron chi connectivity index (χ3n) is 1.88. The smallest absolute Gasteiger partial charge is 0.349 e. The van der Waals surface area contributed by atoms with E-state index in [1.54, 1.807) is 6.92 Å². The summed E-state index contributed by atoms with van der Waals surface area (Å²) in [5.41, 5.74) is 0. The summed E-state index contributed by atoms with van der Waals surface area (Å²) in [7, 11) is -2.17. The highest BCUT2D eigenvalue weighted by molar-refractivity contribution is 7.91. The number of sulfone groups is 1. The van der Waals surface area contributed by atoms with Gasteiger partial charge in [-0.05, 0) is 6.42 Å². The number of thiophene rings is 1. The zero-order valence-corrected chi connectivity index (χ0v) is 11.2. The van der Waals surface area contributed by atoms with Crippen molar-refractivity contribution in [2.45, 2.75) is 18.2 Å². The minimum Gasteiger partial charge on any atom is -0.465 e. The van der Waals surface area contributed by atoms with Gasteiger partial charge in [0.2, 0.25) is 0 Å². The fourth-order valence-electron chi connectivity index (χ4n) is 1.15. The second kappa shape index (κ2) is 5.16. The number of rotatable bonds is 4. The van der Waals surface area contributed by atoms with Gasteiger partial charge in [-0.15, -0.1) is 11.3 Å². The van der Waals surface area contributed by atoms with E-state index in [1.165, 1.54) is 12.5 Å². The van der Waals surface area contributed by atoms with Crippen molar-refractivity contribution in [3.8, 4) is 0 Å². The van der Waals surface area contributed by atoms with E-state index >= 15 is 0 Å². The van der Waals surface area contributed by atoms with Crippen LogP contribution in [-0.4, -0.2) is 27.2 Å². The van der Waals surface area contributed by atoms with Crippen LogP contribution < -0.4 is 0 Å². The molecule has 16 heavy (non-hydrogen) atoms. The first-order valence-corrected chi connectivity index (χ1v) is 7.43. The number of carbonyl (C=O) groups excluding carboxylic acids is 1. The molecule has 7 heteroatoms. The van der Waals surface area contributed by atoms with E-state index in [9.17, 15) is 13.2 Å². The highest BCUT2D eigenvalue weighted by Gasteiger charge is 2.24. The molecule has 0 aliphatic rings. The van der Waals surface area contributed by atoms with E-state index in [4.69, 9.17) is 11.6 Å². The number of esters is 1. The minimum absolute atomic E-state index is 0.0152. The van der Waals surface area contributed by atoms with Crippen LogP contribution in [0.4, 0.5) is 0 Å². The molecule has 1 rings (SSSR count). The summed E-state index contributed by atoms with van der Waals surface area (Å²) in [4.78, 5) is 11.4. The maximum absolute atomic E-state index is 11.7. The predicted octanol–water partition coefficient (Wildman–Crippen LogP) is 2.37. The van der Waals surface area contributed by atoms with Gasteiger partial charge in [-0.3, -0.25) is 0 Å². The van der Waals surface area contributed by atoms with Gasteiger partial charge in [0.15, 0.2) is 9.84 Å². The standard InChI is InChI=1S/C9H11ClO4S2/c1-3-4-16(12,13)6-5-15-8(7(6)10)9(11)14-2/h5H,3-4H2,1-2H3. The second-order valence-electron chi connectivity index (χ2n) is 3.05. The van der Waals surface area contributed by atoms with Gasteiger partial charge in [-0.1, -0.05) is 18.5 Å². The third-order valence-corrected chi connectivity index (χ3v) is 5.54. The van der Waals surface area contributed by atoms with Crippen LogP contribution in [0.3, 0.4) is 0 Å². The van der Waals surface area contributed by atoms with Crippen LogP contribution in [0.2, 0.25) is 5.02 Å². The normalized spacial score (nSPS) is 11.4. The van der Waals surface area contributed by atoms with Crippen molar-refractivity contribution >= 4 is 38.7 Å². The lowest BCUT2D eigenvalue weighted by Gasteiger charge is -2.00. The molecule has 4 nitrogen and oxygen atoms in total. The van der Waals surface area contributed by atoms with E-state index in [-0.39, 0.29) is 20.5 Å². The Bertz CT molecular complexity index is 490. The molecule has 90 valence electrons. The number of methoxy groups -OCH3 is 1. The molecule has 1 heterocycles. The molecule has 0 aromatic carbocycles. The average molecular weight is 283 g/mol. The monoisotopic (exact) mass is 282 g/mol. The molecule has 0 saturated heterocycles. The Morgan fingerprint density at radius 3 is 2.69 bits per heavy atom. The van der Waals surface area contributed by atoms with Crippen molar-refractivity contribution in [1.29, 1.82) is 0 Å². The molecule has 1 aromatic heterocycles. The molecule has 0 spiro atoms. The first-order valence-electron chi connectivity index (χ1n) is 4.52. The summed E-state index contributed by atoms with van der Waals surface area (Å²) in [6, 6.07) is 0. The molecule has 0 radical (unpaired) electrons. The maximum atomic E-state index is 11.7. The summed E-state index contributed by atoms with van der Waals surface area (Å²) in [5, 5.41) is 1.34. The zero-order valence-electron chi connectivity index (χ0n) is 8.82. The van der Waals surface area contributed by atoms with Gasteiger partial charge in [0.1, 0.15) is 4.88 Å². The molecule has 0 bridgehead atoms. The molecular weight excluding hydrogens is 272 g/mol. The number of halogens is 1. The van der Waals surface area contributed by atoms with Gasteiger partial charge in [-0.25, -0.2) is 13.2 Å². The van der Waals surface area contributed by atoms with Gasteiger partial charge in [0.05, 0.1) is 22.8 Å². The first-order chi connectivity index (χ1) is 7.44. The summed E-state index contributed by atoms with van der Waals surface area (Å²) in [5.74, 6) is -0.600. The van der Waals surface area contributed by atoms with Crippen molar-refractivity contribution in [1.82, 2.24) is 0 Å². The molecule has 0 fully saturated rings. The molecular formula is C9H11ClO4S2. The van der Waals surface area contributed by atoms with Gasteiger partial charge < -0.3 is 4.74 Å². The molecule has 0 amide bonds. The lowest BCUT2D eigenvalue weighted by Crippen LogP contribution is -2.06. The van der Waals surface area contributed by atoms with Crippen molar-refractivity contribution in [3.63, 3.8) is 0 Å². The molecule has 0 aliphatic heterocycles. The fourth-order valence-corrected chi connectivity index (χ4v) is 4.49. The highest BCUT2D eigenvalue weighted by Crippen LogP contribution is 2.32. The second-order valence-corrected chi connectivity index (χ2v) is 6.39. The Balaban J connectivity index is 3.19. The van der Waals surface area contributed by atoms with Crippen LogP contribution in [0.25, 0.3) is 0 Å². The van der Waals surface area contributed by atoms with E-state index in [0.29, 0.717) is 6.42 Å². The molecule has 0 unspecified atom stereocenters. The lowest BCUT2D eigenvalue weighted by molar-refractivity contribution is 0.0606. The topological polar surface area (TPSA) is 60.4 Å². The van der Waals surface area contributed by atoms with Crippen molar-refractivity contribution in [2.24, 2.45) is 0 Å². The lowest BCUT2D eigenvalue weighted by atomic mass is 10.5. The van der Waals surface area contributed by atoms with Gasteiger partial charge in [-0.2, -0.15) is 0 Å². The summed E-state index contributed by atoms with van der Waals surface area (Å²) in [6.07, 6.45) is 0.502. The SMILES string of the molecule is CCCS(=O)(=O)c1csc(C(=O)OC)c1Cl. The predicted molar refractivity (Wildman–Crippen MR) is 63.0 cm³/mol. The Hall–Kier alpha value is -0.590. The summed E-state index contributed by atoms with van der Waals surface area (Å²) in [6.45, 7) is 1.76. The molecule has 0 aliphatic carbocycles. The number of hydrogen-bond donors (Lipinski definition) is 0. The quantitative estimate of drug-likeness (QED) is 0.796. The van der Waals surface area contributed by atoms with E-state index in [1.807, 2.05) is 0 Å². The third kappa shape index (κ3) is 2.56.